The quantitative estimate of drug-likeness (QED) is 0.637. The van der Waals surface area contributed by atoms with Crippen molar-refractivity contribution in [2.45, 2.75) is 12.5 Å². The van der Waals surface area contributed by atoms with E-state index >= 15 is 0 Å². The number of benzene rings is 1. The van der Waals surface area contributed by atoms with E-state index in [1.165, 1.54) is 6.07 Å². The van der Waals surface area contributed by atoms with E-state index in [9.17, 15) is 8.78 Å². The van der Waals surface area contributed by atoms with Gasteiger partial charge in [-0.3, -0.25) is 21.2 Å². The van der Waals surface area contributed by atoms with E-state index in [-0.39, 0.29) is 6.04 Å². The van der Waals surface area contributed by atoms with Gasteiger partial charge in [0.05, 0.1) is 17.9 Å². The van der Waals surface area contributed by atoms with E-state index in [2.05, 4.69) is 15.4 Å². The fourth-order valence-corrected chi connectivity index (χ4v) is 1.64. The summed E-state index contributed by atoms with van der Waals surface area (Å²) in [6.45, 7) is 0. The summed E-state index contributed by atoms with van der Waals surface area (Å²) in [5.41, 5.74) is 3.85. The van der Waals surface area contributed by atoms with Crippen molar-refractivity contribution >= 4 is 0 Å². The van der Waals surface area contributed by atoms with Gasteiger partial charge in [-0.15, -0.1) is 0 Å². The first-order valence-corrected chi connectivity index (χ1v) is 5.36. The third-order valence-corrected chi connectivity index (χ3v) is 2.57. The molecule has 1 aromatic heterocycles. The van der Waals surface area contributed by atoms with Gasteiger partial charge in [0.1, 0.15) is 0 Å². The summed E-state index contributed by atoms with van der Waals surface area (Å²) in [6, 6.07) is 3.45. The molecule has 0 fully saturated rings. The fourth-order valence-electron chi connectivity index (χ4n) is 1.64. The van der Waals surface area contributed by atoms with Crippen molar-refractivity contribution in [3.05, 3.63) is 59.7 Å². The predicted octanol–water partition coefficient (Wildman–Crippen LogP) is 1.50. The number of rotatable bonds is 4. The maximum absolute atomic E-state index is 13.1. The van der Waals surface area contributed by atoms with E-state index in [0.29, 0.717) is 17.7 Å². The van der Waals surface area contributed by atoms with Gasteiger partial charge < -0.3 is 0 Å². The minimum atomic E-state index is -0.873. The van der Waals surface area contributed by atoms with Crippen LogP contribution in [0.25, 0.3) is 0 Å². The molecule has 0 aliphatic heterocycles. The lowest BCUT2D eigenvalue weighted by molar-refractivity contribution is 0.500. The number of hydrogen-bond donors (Lipinski definition) is 2. The second-order valence-electron chi connectivity index (χ2n) is 3.80. The Morgan fingerprint density at radius 1 is 1.22 bits per heavy atom. The molecule has 1 heterocycles. The van der Waals surface area contributed by atoms with Gasteiger partial charge in [0.25, 0.3) is 0 Å². The zero-order valence-corrected chi connectivity index (χ0v) is 9.48. The average molecular weight is 250 g/mol. The van der Waals surface area contributed by atoms with Gasteiger partial charge in [0.2, 0.25) is 0 Å². The zero-order valence-electron chi connectivity index (χ0n) is 9.48. The number of hydrogen-bond acceptors (Lipinski definition) is 4. The highest BCUT2D eigenvalue weighted by molar-refractivity contribution is 5.20. The van der Waals surface area contributed by atoms with Gasteiger partial charge in [0.15, 0.2) is 11.6 Å². The molecule has 2 aromatic rings. The van der Waals surface area contributed by atoms with Crippen LogP contribution < -0.4 is 11.3 Å². The SMILES string of the molecule is NNC(Cc1ccc(F)c(F)c1)c1cnccn1. The maximum atomic E-state index is 13.1. The van der Waals surface area contributed by atoms with Crippen LogP contribution in [0, 0.1) is 11.6 Å². The second kappa shape index (κ2) is 5.61. The Bertz CT molecular complexity index is 519. The number of nitrogens with zero attached hydrogens (tertiary/aromatic N) is 2. The van der Waals surface area contributed by atoms with Crippen LogP contribution in [0.15, 0.2) is 36.8 Å². The van der Waals surface area contributed by atoms with Crippen molar-refractivity contribution < 1.29 is 8.78 Å². The standard InChI is InChI=1S/C12H12F2N4/c13-9-2-1-8(5-10(9)14)6-11(18-15)12-7-16-3-4-17-12/h1-5,7,11,18H,6,15H2. The Morgan fingerprint density at radius 3 is 2.67 bits per heavy atom. The van der Waals surface area contributed by atoms with Crippen molar-refractivity contribution in [2.24, 2.45) is 5.84 Å². The van der Waals surface area contributed by atoms with Crippen LogP contribution in [-0.2, 0) is 6.42 Å². The summed E-state index contributed by atoms with van der Waals surface area (Å²) in [7, 11) is 0. The smallest absolute Gasteiger partial charge is 0.159 e. The molecule has 0 radical (unpaired) electrons. The molecular weight excluding hydrogens is 238 g/mol. The molecule has 1 atom stereocenters. The Kier molecular flexibility index (Phi) is 3.91. The van der Waals surface area contributed by atoms with Crippen molar-refractivity contribution in [1.29, 1.82) is 0 Å². The van der Waals surface area contributed by atoms with Gasteiger partial charge in [0, 0.05) is 12.4 Å². The highest BCUT2D eigenvalue weighted by Gasteiger charge is 2.13. The first-order valence-electron chi connectivity index (χ1n) is 5.36. The number of nitrogens with two attached hydrogens (primary N) is 1. The molecule has 4 nitrogen and oxygen atoms in total. The van der Waals surface area contributed by atoms with Crippen molar-refractivity contribution in [2.75, 3.05) is 0 Å². The van der Waals surface area contributed by atoms with E-state index in [1.807, 2.05) is 0 Å². The average Bonchev–Trinajstić information content (AvgIpc) is 2.41. The summed E-state index contributed by atoms with van der Waals surface area (Å²) in [5.74, 6) is 3.70. The monoisotopic (exact) mass is 250 g/mol. The van der Waals surface area contributed by atoms with Crippen LogP contribution in [-0.4, -0.2) is 9.97 Å². The molecule has 3 N–H and O–H groups in total. The molecule has 0 aliphatic rings. The van der Waals surface area contributed by atoms with Crippen LogP contribution in [0.2, 0.25) is 0 Å². The van der Waals surface area contributed by atoms with Crippen molar-refractivity contribution in [3.63, 3.8) is 0 Å². The lowest BCUT2D eigenvalue weighted by Gasteiger charge is -2.14. The fraction of sp³-hybridized carbons (Fsp3) is 0.167. The molecule has 0 aliphatic carbocycles. The Balaban J connectivity index is 2.18. The third-order valence-electron chi connectivity index (χ3n) is 2.57. The highest BCUT2D eigenvalue weighted by atomic mass is 19.2. The first-order chi connectivity index (χ1) is 8.70. The maximum Gasteiger partial charge on any atom is 0.159 e. The van der Waals surface area contributed by atoms with Crippen LogP contribution in [0.3, 0.4) is 0 Å². The second-order valence-corrected chi connectivity index (χ2v) is 3.80. The molecule has 1 aromatic carbocycles. The molecule has 0 saturated carbocycles. The molecule has 0 bridgehead atoms. The predicted molar refractivity (Wildman–Crippen MR) is 62.2 cm³/mol. The molecule has 0 amide bonds. The van der Waals surface area contributed by atoms with Crippen LogP contribution in [0.5, 0.6) is 0 Å². The summed E-state index contributed by atoms with van der Waals surface area (Å²) < 4.78 is 25.9. The largest absolute Gasteiger partial charge is 0.271 e. The number of aromatic nitrogens is 2. The van der Waals surface area contributed by atoms with Crippen LogP contribution in [0.1, 0.15) is 17.3 Å². The van der Waals surface area contributed by atoms with Gasteiger partial charge in [-0.05, 0) is 24.1 Å². The van der Waals surface area contributed by atoms with E-state index in [1.54, 1.807) is 18.6 Å². The molecule has 1 unspecified atom stereocenters. The minimum absolute atomic E-state index is 0.302. The third kappa shape index (κ3) is 2.85. The molecule has 0 saturated heterocycles. The Labute approximate surface area is 103 Å². The number of hydrazine groups is 1. The molecule has 2 rings (SSSR count). The topological polar surface area (TPSA) is 63.8 Å². The van der Waals surface area contributed by atoms with Gasteiger partial charge in [-0.2, -0.15) is 0 Å². The Hall–Kier alpha value is -1.92. The lowest BCUT2D eigenvalue weighted by atomic mass is 10.0. The van der Waals surface area contributed by atoms with E-state index < -0.39 is 11.6 Å². The number of halogens is 2. The van der Waals surface area contributed by atoms with E-state index in [0.717, 1.165) is 12.1 Å². The summed E-state index contributed by atoms with van der Waals surface area (Å²) in [5, 5.41) is 0. The lowest BCUT2D eigenvalue weighted by Crippen LogP contribution is -2.30. The number of nitrogens with one attached hydrogen (secondary N) is 1. The highest BCUT2D eigenvalue weighted by Crippen LogP contribution is 2.16. The van der Waals surface area contributed by atoms with Gasteiger partial charge in [-0.1, -0.05) is 6.07 Å². The van der Waals surface area contributed by atoms with Crippen molar-refractivity contribution in [3.8, 4) is 0 Å². The summed E-state index contributed by atoms with van der Waals surface area (Å²) in [6.07, 6.45) is 5.07. The van der Waals surface area contributed by atoms with Gasteiger partial charge >= 0.3 is 0 Å². The molecule has 18 heavy (non-hydrogen) atoms. The normalized spacial score (nSPS) is 12.4. The molecule has 6 heteroatoms. The van der Waals surface area contributed by atoms with Gasteiger partial charge in [-0.25, -0.2) is 8.78 Å². The van der Waals surface area contributed by atoms with E-state index in [4.69, 9.17) is 5.84 Å². The summed E-state index contributed by atoms with van der Waals surface area (Å²) in [4.78, 5) is 8.05. The molecular formula is C12H12F2N4. The van der Waals surface area contributed by atoms with Crippen LogP contribution >= 0.6 is 0 Å². The van der Waals surface area contributed by atoms with Crippen LogP contribution in [0.4, 0.5) is 8.78 Å². The summed E-state index contributed by atoms with van der Waals surface area (Å²) >= 11 is 0. The first kappa shape index (κ1) is 12.5. The molecule has 0 spiro atoms. The molecule has 94 valence electrons. The Morgan fingerprint density at radius 2 is 2.06 bits per heavy atom. The van der Waals surface area contributed by atoms with Crippen molar-refractivity contribution in [1.82, 2.24) is 15.4 Å². The zero-order chi connectivity index (χ0) is 13.0. The minimum Gasteiger partial charge on any atom is -0.271 e.